The molecule has 1 aliphatic rings. The number of nitrogens with zero attached hydrogens (tertiary/aromatic N) is 4. The number of rotatable bonds is 4. The van der Waals surface area contributed by atoms with Crippen LogP contribution in [-0.2, 0) is 17.6 Å². The van der Waals surface area contributed by atoms with Crippen LogP contribution in [0.5, 0.6) is 0 Å². The molecule has 0 aliphatic heterocycles. The van der Waals surface area contributed by atoms with E-state index < -0.39 is 0 Å². The molecule has 0 atom stereocenters. The van der Waals surface area contributed by atoms with Crippen LogP contribution >= 0.6 is 11.8 Å². The van der Waals surface area contributed by atoms with Crippen LogP contribution in [0.25, 0.3) is 5.78 Å². The molecule has 0 saturated heterocycles. The number of nitrogens with one attached hydrogen (secondary N) is 1. The van der Waals surface area contributed by atoms with Crippen molar-refractivity contribution in [2.45, 2.75) is 38.3 Å². The predicted molar refractivity (Wildman–Crippen MR) is 98.1 cm³/mol. The first-order chi connectivity index (χ1) is 12.1. The maximum atomic E-state index is 12.3. The highest BCUT2D eigenvalue weighted by atomic mass is 32.2. The summed E-state index contributed by atoms with van der Waals surface area (Å²) >= 11 is 1.37. The van der Waals surface area contributed by atoms with Gasteiger partial charge in [-0.25, -0.2) is 4.98 Å². The third-order valence-corrected chi connectivity index (χ3v) is 5.31. The van der Waals surface area contributed by atoms with Crippen molar-refractivity contribution in [3.8, 4) is 0 Å². The van der Waals surface area contributed by atoms with Crippen molar-refractivity contribution in [3.05, 3.63) is 46.8 Å². The smallest absolute Gasteiger partial charge is 0.256 e. The summed E-state index contributed by atoms with van der Waals surface area (Å²) in [7, 11) is 0. The third-order valence-electron chi connectivity index (χ3n) is 4.38. The zero-order chi connectivity index (χ0) is 17.4. The van der Waals surface area contributed by atoms with Crippen LogP contribution < -0.4 is 5.32 Å². The van der Waals surface area contributed by atoms with E-state index >= 15 is 0 Å². The summed E-state index contributed by atoms with van der Waals surface area (Å²) in [4.78, 5) is 16.6. The van der Waals surface area contributed by atoms with Crippen molar-refractivity contribution in [2.75, 3.05) is 11.1 Å². The fourth-order valence-electron chi connectivity index (χ4n) is 3.27. The first-order valence-electron chi connectivity index (χ1n) is 8.34. The van der Waals surface area contributed by atoms with Crippen LogP contribution in [0.3, 0.4) is 0 Å². The van der Waals surface area contributed by atoms with Gasteiger partial charge in [-0.3, -0.25) is 9.20 Å². The van der Waals surface area contributed by atoms with Gasteiger partial charge in [0.25, 0.3) is 5.78 Å². The number of benzene rings is 1. The van der Waals surface area contributed by atoms with Gasteiger partial charge in [0.15, 0.2) is 5.16 Å². The maximum Gasteiger partial charge on any atom is 0.256 e. The van der Waals surface area contributed by atoms with Crippen molar-refractivity contribution >= 4 is 29.1 Å². The van der Waals surface area contributed by atoms with Crippen molar-refractivity contribution in [1.82, 2.24) is 19.6 Å². The van der Waals surface area contributed by atoms with Crippen LogP contribution in [-0.4, -0.2) is 31.2 Å². The molecular weight excluding hydrogens is 334 g/mol. The van der Waals surface area contributed by atoms with Gasteiger partial charge in [-0.05, 0) is 62.4 Å². The molecule has 2 aromatic heterocycles. The minimum Gasteiger partial charge on any atom is -0.325 e. The Balaban J connectivity index is 1.44. The first-order valence-corrected chi connectivity index (χ1v) is 9.32. The van der Waals surface area contributed by atoms with Crippen molar-refractivity contribution in [1.29, 1.82) is 0 Å². The molecule has 1 amide bonds. The predicted octanol–water partition coefficient (Wildman–Crippen LogP) is 2.96. The topological polar surface area (TPSA) is 72.2 Å². The molecular formula is C18H19N5OS. The molecule has 128 valence electrons. The molecule has 6 nitrogen and oxygen atoms in total. The van der Waals surface area contributed by atoms with Gasteiger partial charge in [-0.1, -0.05) is 17.8 Å². The molecule has 25 heavy (non-hydrogen) atoms. The van der Waals surface area contributed by atoms with Gasteiger partial charge in [0, 0.05) is 17.1 Å². The van der Waals surface area contributed by atoms with Crippen LogP contribution in [0.15, 0.2) is 29.4 Å². The van der Waals surface area contributed by atoms with Crippen molar-refractivity contribution in [3.63, 3.8) is 0 Å². The summed E-state index contributed by atoms with van der Waals surface area (Å²) in [6.07, 6.45) is 3.45. The number of aryl methyl sites for hydroxylation is 4. The average Bonchev–Trinajstić information content (AvgIpc) is 3.19. The van der Waals surface area contributed by atoms with E-state index in [-0.39, 0.29) is 11.7 Å². The standard InChI is InChI=1S/C18H19N5OS/c1-11-8-12(2)23-17(19-11)21-22-18(23)25-10-16(24)20-15-7-6-13-4-3-5-14(13)9-15/h6-9H,3-5,10H2,1-2H3,(H,20,24). The molecule has 1 N–H and O–H groups in total. The van der Waals surface area contributed by atoms with E-state index in [1.807, 2.05) is 30.4 Å². The van der Waals surface area contributed by atoms with Crippen LogP contribution in [0.2, 0.25) is 0 Å². The number of carbonyl (C=O) groups is 1. The lowest BCUT2D eigenvalue weighted by atomic mass is 10.1. The normalized spacial score (nSPS) is 13.2. The Labute approximate surface area is 150 Å². The number of thioether (sulfide) groups is 1. The Hall–Kier alpha value is -2.41. The van der Waals surface area contributed by atoms with E-state index in [1.54, 1.807) is 0 Å². The summed E-state index contributed by atoms with van der Waals surface area (Å²) in [6, 6.07) is 8.17. The summed E-state index contributed by atoms with van der Waals surface area (Å²) in [5, 5.41) is 11.9. The lowest BCUT2D eigenvalue weighted by Gasteiger charge is -2.07. The van der Waals surface area contributed by atoms with Gasteiger partial charge >= 0.3 is 0 Å². The Bertz CT molecular complexity index is 965. The fraction of sp³-hybridized carbons (Fsp3) is 0.333. The number of carbonyl (C=O) groups excluding carboxylic acids is 1. The van der Waals surface area contributed by atoms with Gasteiger partial charge < -0.3 is 5.32 Å². The van der Waals surface area contributed by atoms with Crippen molar-refractivity contribution < 1.29 is 4.79 Å². The third kappa shape index (κ3) is 3.24. The molecule has 0 unspecified atom stereocenters. The molecule has 0 bridgehead atoms. The molecule has 4 rings (SSSR count). The lowest BCUT2D eigenvalue weighted by molar-refractivity contribution is -0.113. The average molecular weight is 353 g/mol. The highest BCUT2D eigenvalue weighted by Gasteiger charge is 2.14. The second-order valence-corrected chi connectivity index (χ2v) is 7.27. The Morgan fingerprint density at radius 2 is 2.04 bits per heavy atom. The minimum atomic E-state index is -0.0441. The molecule has 1 aromatic carbocycles. The molecule has 0 fully saturated rings. The van der Waals surface area contributed by atoms with Crippen LogP contribution in [0.4, 0.5) is 5.69 Å². The number of aromatic nitrogens is 4. The quantitative estimate of drug-likeness (QED) is 0.730. The highest BCUT2D eigenvalue weighted by Crippen LogP contribution is 2.25. The number of hydrogen-bond donors (Lipinski definition) is 1. The van der Waals surface area contributed by atoms with Crippen LogP contribution in [0, 0.1) is 13.8 Å². The lowest BCUT2D eigenvalue weighted by Crippen LogP contribution is -2.14. The highest BCUT2D eigenvalue weighted by molar-refractivity contribution is 7.99. The maximum absolute atomic E-state index is 12.3. The minimum absolute atomic E-state index is 0.0441. The van der Waals surface area contributed by atoms with Gasteiger partial charge in [-0.2, -0.15) is 0 Å². The molecule has 0 radical (unpaired) electrons. The zero-order valence-electron chi connectivity index (χ0n) is 14.2. The second-order valence-electron chi connectivity index (χ2n) is 6.33. The molecule has 1 aliphatic carbocycles. The number of anilines is 1. The van der Waals surface area contributed by atoms with E-state index in [0.29, 0.717) is 10.9 Å². The van der Waals surface area contributed by atoms with E-state index in [4.69, 9.17) is 0 Å². The molecule has 0 saturated carbocycles. The van der Waals surface area contributed by atoms with Crippen molar-refractivity contribution in [2.24, 2.45) is 0 Å². The zero-order valence-corrected chi connectivity index (χ0v) is 15.1. The summed E-state index contributed by atoms with van der Waals surface area (Å²) in [5.41, 5.74) is 5.54. The van der Waals surface area contributed by atoms with Crippen LogP contribution in [0.1, 0.15) is 28.9 Å². The summed E-state index contributed by atoms with van der Waals surface area (Å²) < 4.78 is 1.88. The van der Waals surface area contributed by atoms with Gasteiger partial charge in [0.2, 0.25) is 5.91 Å². The largest absolute Gasteiger partial charge is 0.325 e. The van der Waals surface area contributed by atoms with E-state index in [1.165, 1.54) is 29.3 Å². The Morgan fingerprint density at radius 1 is 1.20 bits per heavy atom. The molecule has 7 heteroatoms. The number of hydrogen-bond acceptors (Lipinski definition) is 5. The SMILES string of the molecule is Cc1cc(C)n2c(SCC(=O)Nc3ccc4c(c3)CCC4)nnc2n1. The second kappa shape index (κ2) is 6.48. The Morgan fingerprint density at radius 3 is 2.92 bits per heavy atom. The molecule has 3 aromatic rings. The van der Waals surface area contributed by atoms with Gasteiger partial charge in [0.05, 0.1) is 5.75 Å². The molecule has 2 heterocycles. The number of amides is 1. The Kier molecular flexibility index (Phi) is 4.17. The van der Waals surface area contributed by atoms with Gasteiger partial charge in [-0.15, -0.1) is 10.2 Å². The van der Waals surface area contributed by atoms with Gasteiger partial charge in [0.1, 0.15) is 0 Å². The van der Waals surface area contributed by atoms with E-state index in [0.717, 1.165) is 29.9 Å². The first kappa shape index (κ1) is 16.1. The monoisotopic (exact) mass is 353 g/mol. The summed E-state index contributed by atoms with van der Waals surface area (Å²) in [6.45, 7) is 3.91. The molecule has 0 spiro atoms. The van der Waals surface area contributed by atoms with E-state index in [2.05, 4.69) is 32.6 Å². The summed E-state index contributed by atoms with van der Waals surface area (Å²) in [5.74, 6) is 0.807. The van der Waals surface area contributed by atoms with E-state index in [9.17, 15) is 4.79 Å². The number of fused-ring (bicyclic) bond motifs is 2. The fourth-order valence-corrected chi connectivity index (χ4v) is 4.06.